The number of nitrogens with zero attached hydrogens (tertiary/aromatic N) is 1. The highest BCUT2D eigenvalue weighted by atomic mass is 32.1. The Kier molecular flexibility index (Phi) is 11.7. The molecule has 3 aromatic rings. The number of rotatable bonds is 15. The summed E-state index contributed by atoms with van der Waals surface area (Å²) in [5.74, 6) is -1.66. The summed E-state index contributed by atoms with van der Waals surface area (Å²) >= 11 is 1.59. The van der Waals surface area contributed by atoms with E-state index in [0.29, 0.717) is 32.6 Å². The molecular formula is C30H38N4O4S. The van der Waals surface area contributed by atoms with Crippen LogP contribution >= 0.6 is 11.3 Å². The first-order valence-electron chi connectivity index (χ1n) is 13.3. The van der Waals surface area contributed by atoms with Gasteiger partial charge in [-0.15, -0.1) is 11.3 Å². The van der Waals surface area contributed by atoms with Crippen molar-refractivity contribution in [2.75, 3.05) is 19.6 Å². The maximum absolute atomic E-state index is 13.4. The van der Waals surface area contributed by atoms with Crippen LogP contribution in [-0.2, 0) is 17.7 Å². The second-order valence-corrected chi connectivity index (χ2v) is 10.5. The fraction of sp³-hybridized carbons (Fsp3) is 0.367. The van der Waals surface area contributed by atoms with Gasteiger partial charge in [0.1, 0.15) is 6.10 Å². The van der Waals surface area contributed by atoms with Crippen LogP contribution in [0.15, 0.2) is 66.0 Å². The number of ether oxygens (including phenoxy) is 1. The van der Waals surface area contributed by atoms with Gasteiger partial charge in [0.05, 0.1) is 5.56 Å². The Morgan fingerprint density at radius 3 is 2.23 bits per heavy atom. The van der Waals surface area contributed by atoms with Crippen molar-refractivity contribution in [2.24, 2.45) is 11.5 Å². The number of carbonyl (C=O) groups excluding carboxylic acids is 3. The fourth-order valence-corrected chi connectivity index (χ4v) is 5.06. The molecule has 3 rings (SSSR count). The number of thiophene rings is 1. The third-order valence-corrected chi connectivity index (χ3v) is 7.14. The van der Waals surface area contributed by atoms with E-state index in [4.69, 9.17) is 16.2 Å². The molecule has 9 heteroatoms. The van der Waals surface area contributed by atoms with Gasteiger partial charge in [-0.1, -0.05) is 50.2 Å². The van der Waals surface area contributed by atoms with E-state index in [0.717, 1.165) is 23.3 Å². The number of benzene rings is 2. The third kappa shape index (κ3) is 9.02. The molecule has 0 bridgehead atoms. The number of hydrogen-bond donors (Lipinski definition) is 3. The predicted molar refractivity (Wildman–Crippen MR) is 155 cm³/mol. The second kappa shape index (κ2) is 15.2. The Morgan fingerprint density at radius 2 is 1.62 bits per heavy atom. The summed E-state index contributed by atoms with van der Waals surface area (Å²) in [5.41, 5.74) is 13.5. The normalized spacial score (nSPS) is 12.5. The van der Waals surface area contributed by atoms with Crippen LogP contribution in [0.5, 0.6) is 0 Å². The Labute approximate surface area is 234 Å². The smallest absolute Gasteiger partial charge is 0.338 e. The molecule has 0 aliphatic heterocycles. The maximum Gasteiger partial charge on any atom is 0.338 e. The largest absolute Gasteiger partial charge is 0.456 e. The first-order chi connectivity index (χ1) is 18.8. The van der Waals surface area contributed by atoms with E-state index in [1.54, 1.807) is 16.2 Å². The molecule has 5 N–H and O–H groups in total. The number of amides is 2. The van der Waals surface area contributed by atoms with Crippen molar-refractivity contribution >= 4 is 29.1 Å². The van der Waals surface area contributed by atoms with Crippen molar-refractivity contribution in [1.29, 1.82) is 0 Å². The fourth-order valence-electron chi connectivity index (χ4n) is 4.28. The molecular weight excluding hydrogens is 512 g/mol. The second-order valence-electron chi connectivity index (χ2n) is 9.46. The summed E-state index contributed by atoms with van der Waals surface area (Å²) < 4.78 is 5.91. The Hall–Kier alpha value is -3.53. The van der Waals surface area contributed by atoms with E-state index < -0.39 is 24.0 Å². The number of primary amides is 1. The summed E-state index contributed by atoms with van der Waals surface area (Å²) in [7, 11) is 0. The average Bonchev–Trinajstić information content (AvgIpc) is 3.45. The lowest BCUT2D eigenvalue weighted by Crippen LogP contribution is -2.45. The molecule has 0 aliphatic rings. The SMILES string of the molecule is CCCN(CCC)C(=O)c1cc(C(N)=O)cc(C(=O)O[C@H](CNCc2ccccc2)[C@@H](N)Cc2cccs2)c1. The van der Waals surface area contributed by atoms with Crippen LogP contribution in [0.3, 0.4) is 0 Å². The van der Waals surface area contributed by atoms with Gasteiger partial charge >= 0.3 is 5.97 Å². The first kappa shape index (κ1) is 30.0. The number of nitrogens with two attached hydrogens (primary N) is 2. The Balaban J connectivity index is 1.82. The molecule has 0 fully saturated rings. The molecule has 0 saturated carbocycles. The molecule has 208 valence electrons. The van der Waals surface area contributed by atoms with E-state index in [2.05, 4.69) is 5.32 Å². The molecule has 1 aromatic heterocycles. The van der Waals surface area contributed by atoms with Gasteiger partial charge in [0.2, 0.25) is 5.91 Å². The van der Waals surface area contributed by atoms with Gasteiger partial charge in [-0.3, -0.25) is 9.59 Å². The van der Waals surface area contributed by atoms with Crippen molar-refractivity contribution in [3.05, 3.63) is 93.2 Å². The zero-order chi connectivity index (χ0) is 28.2. The summed E-state index contributed by atoms with van der Waals surface area (Å²) in [6.07, 6.45) is 1.46. The van der Waals surface area contributed by atoms with E-state index in [1.165, 1.54) is 18.2 Å². The summed E-state index contributed by atoms with van der Waals surface area (Å²) in [5, 5.41) is 5.31. The maximum atomic E-state index is 13.4. The van der Waals surface area contributed by atoms with Crippen LogP contribution in [0.1, 0.15) is 68.2 Å². The molecule has 0 spiro atoms. The highest BCUT2D eigenvalue weighted by molar-refractivity contribution is 7.09. The third-order valence-electron chi connectivity index (χ3n) is 6.24. The van der Waals surface area contributed by atoms with Crippen molar-refractivity contribution in [3.63, 3.8) is 0 Å². The van der Waals surface area contributed by atoms with Crippen molar-refractivity contribution in [3.8, 4) is 0 Å². The van der Waals surface area contributed by atoms with E-state index >= 15 is 0 Å². The van der Waals surface area contributed by atoms with Gasteiger partial charge in [0, 0.05) is 54.6 Å². The molecule has 0 aliphatic carbocycles. The quantitative estimate of drug-likeness (QED) is 0.246. The zero-order valence-corrected chi connectivity index (χ0v) is 23.4. The number of nitrogens with one attached hydrogen (secondary N) is 1. The van der Waals surface area contributed by atoms with Gasteiger partial charge in [0.15, 0.2) is 0 Å². The molecule has 2 atom stereocenters. The molecule has 39 heavy (non-hydrogen) atoms. The molecule has 1 heterocycles. The Morgan fingerprint density at radius 1 is 0.949 bits per heavy atom. The highest BCUT2D eigenvalue weighted by Crippen LogP contribution is 2.18. The zero-order valence-electron chi connectivity index (χ0n) is 22.6. The van der Waals surface area contributed by atoms with Gasteiger partial charge in [-0.05, 0) is 48.1 Å². The lowest BCUT2D eigenvalue weighted by Gasteiger charge is -2.25. The molecule has 0 saturated heterocycles. The Bertz CT molecular complexity index is 1210. The molecule has 2 amide bonds. The molecule has 2 aromatic carbocycles. The van der Waals surface area contributed by atoms with Crippen LogP contribution in [0.25, 0.3) is 0 Å². The van der Waals surface area contributed by atoms with Gasteiger partial charge < -0.3 is 26.4 Å². The van der Waals surface area contributed by atoms with Crippen LogP contribution in [-0.4, -0.2) is 54.5 Å². The highest BCUT2D eigenvalue weighted by Gasteiger charge is 2.25. The monoisotopic (exact) mass is 550 g/mol. The topological polar surface area (TPSA) is 128 Å². The lowest BCUT2D eigenvalue weighted by atomic mass is 10.0. The van der Waals surface area contributed by atoms with Crippen LogP contribution in [0.4, 0.5) is 0 Å². The van der Waals surface area contributed by atoms with Crippen LogP contribution < -0.4 is 16.8 Å². The van der Waals surface area contributed by atoms with Crippen molar-refractivity contribution in [2.45, 2.75) is 51.8 Å². The minimum absolute atomic E-state index is 0.0717. The molecule has 0 unspecified atom stereocenters. The van der Waals surface area contributed by atoms with Crippen molar-refractivity contribution in [1.82, 2.24) is 10.2 Å². The lowest BCUT2D eigenvalue weighted by molar-refractivity contribution is 0.0239. The van der Waals surface area contributed by atoms with Crippen LogP contribution in [0, 0.1) is 0 Å². The predicted octanol–water partition coefficient (Wildman–Crippen LogP) is 3.99. The van der Waals surface area contributed by atoms with Crippen molar-refractivity contribution < 1.29 is 19.1 Å². The minimum atomic E-state index is -0.730. The van der Waals surface area contributed by atoms with Gasteiger partial charge in [-0.25, -0.2) is 4.79 Å². The number of esters is 1. The molecule has 0 radical (unpaired) electrons. The van der Waals surface area contributed by atoms with Crippen LogP contribution in [0.2, 0.25) is 0 Å². The summed E-state index contributed by atoms with van der Waals surface area (Å²) in [6.45, 7) is 6.03. The summed E-state index contributed by atoms with van der Waals surface area (Å²) in [4.78, 5) is 41.5. The summed E-state index contributed by atoms with van der Waals surface area (Å²) in [6, 6.07) is 17.6. The average molecular weight is 551 g/mol. The first-order valence-corrected chi connectivity index (χ1v) is 14.2. The van der Waals surface area contributed by atoms with E-state index in [1.807, 2.05) is 61.7 Å². The van der Waals surface area contributed by atoms with Gasteiger partial charge in [0.25, 0.3) is 5.91 Å². The van der Waals surface area contributed by atoms with E-state index in [-0.39, 0.29) is 22.6 Å². The standard InChI is InChI=1S/C30H38N4O4S/c1-3-12-34(13-4-2)29(36)23-15-22(28(32)35)16-24(17-23)30(37)38-27(26(31)18-25-11-8-14-39-25)20-33-19-21-9-6-5-7-10-21/h5-11,14-17,26-27,33H,3-4,12-13,18-20,31H2,1-2H3,(H2,32,35)/t26-,27+/m0/s1. The number of carbonyl (C=O) groups is 3. The number of hydrogen-bond acceptors (Lipinski definition) is 7. The van der Waals surface area contributed by atoms with Gasteiger partial charge in [-0.2, -0.15) is 0 Å². The molecule has 8 nitrogen and oxygen atoms in total. The van der Waals surface area contributed by atoms with E-state index in [9.17, 15) is 14.4 Å². The minimum Gasteiger partial charge on any atom is -0.456 e.